The molecule has 3 heterocycles. The summed E-state index contributed by atoms with van der Waals surface area (Å²) in [4.78, 5) is 8.41. The lowest BCUT2D eigenvalue weighted by atomic mass is 10.3. The van der Waals surface area contributed by atoms with Crippen molar-refractivity contribution in [2.75, 3.05) is 37.1 Å². The van der Waals surface area contributed by atoms with Crippen molar-refractivity contribution in [1.29, 1.82) is 0 Å². The molecule has 0 aliphatic carbocycles. The van der Waals surface area contributed by atoms with Gasteiger partial charge in [-0.25, -0.2) is 5.84 Å². The van der Waals surface area contributed by atoms with E-state index in [1.807, 2.05) is 0 Å². The second kappa shape index (κ2) is 5.34. The number of hydrogen-bond acceptors (Lipinski definition) is 8. The fourth-order valence-electron chi connectivity index (χ4n) is 1.90. The Morgan fingerprint density at radius 2 is 2.37 bits per heavy atom. The van der Waals surface area contributed by atoms with Crippen molar-refractivity contribution in [3.63, 3.8) is 0 Å². The van der Waals surface area contributed by atoms with Crippen LogP contribution >= 0.6 is 0 Å². The van der Waals surface area contributed by atoms with Gasteiger partial charge in [-0.2, -0.15) is 15.1 Å². The monoisotopic (exact) mass is 265 g/mol. The van der Waals surface area contributed by atoms with Crippen molar-refractivity contribution < 1.29 is 9.47 Å². The van der Waals surface area contributed by atoms with Crippen molar-refractivity contribution in [3.8, 4) is 0 Å². The summed E-state index contributed by atoms with van der Waals surface area (Å²) in [6.07, 6.45) is 1.68. The number of fused-ring (bicyclic) bond motifs is 1. The van der Waals surface area contributed by atoms with E-state index in [-0.39, 0.29) is 6.10 Å². The van der Waals surface area contributed by atoms with Crippen molar-refractivity contribution in [3.05, 3.63) is 6.20 Å². The van der Waals surface area contributed by atoms with Crippen molar-refractivity contribution in [2.24, 2.45) is 5.84 Å². The number of ether oxygens (including phenoxy) is 2. The zero-order valence-corrected chi connectivity index (χ0v) is 10.2. The molecule has 0 radical (unpaired) electrons. The third kappa shape index (κ3) is 2.57. The number of hydrazine groups is 1. The number of H-pyrrole nitrogens is 1. The van der Waals surface area contributed by atoms with Gasteiger partial charge in [-0.15, -0.1) is 0 Å². The Kier molecular flexibility index (Phi) is 3.40. The van der Waals surface area contributed by atoms with Gasteiger partial charge in [-0.1, -0.05) is 0 Å². The third-order valence-corrected chi connectivity index (χ3v) is 2.82. The maximum Gasteiger partial charge on any atom is 0.241 e. The van der Waals surface area contributed by atoms with Gasteiger partial charge in [0.2, 0.25) is 5.95 Å². The summed E-state index contributed by atoms with van der Waals surface area (Å²) >= 11 is 0. The summed E-state index contributed by atoms with van der Waals surface area (Å²) in [5, 5.41) is 10.7. The molecule has 2 aromatic heterocycles. The second-order valence-corrected chi connectivity index (χ2v) is 4.12. The van der Waals surface area contributed by atoms with E-state index in [0.717, 1.165) is 5.39 Å². The average molecular weight is 265 g/mol. The van der Waals surface area contributed by atoms with Gasteiger partial charge in [0.25, 0.3) is 0 Å². The Labute approximate surface area is 108 Å². The molecule has 1 atom stereocenters. The molecule has 9 heteroatoms. The highest BCUT2D eigenvalue weighted by Crippen LogP contribution is 2.19. The van der Waals surface area contributed by atoms with E-state index in [1.54, 1.807) is 6.20 Å². The minimum absolute atomic E-state index is 0.0138. The van der Waals surface area contributed by atoms with Crippen LogP contribution in [0.4, 0.5) is 11.8 Å². The Morgan fingerprint density at radius 1 is 1.42 bits per heavy atom. The number of rotatable bonds is 4. The van der Waals surface area contributed by atoms with E-state index in [1.165, 1.54) is 0 Å². The Bertz CT molecular complexity index is 552. The number of aromatic amines is 1. The van der Waals surface area contributed by atoms with Crippen LogP contribution in [0.1, 0.15) is 0 Å². The molecule has 1 aliphatic heterocycles. The predicted octanol–water partition coefficient (Wildman–Crippen LogP) is -0.534. The first-order valence-electron chi connectivity index (χ1n) is 5.98. The Balaban J connectivity index is 1.77. The van der Waals surface area contributed by atoms with Gasteiger partial charge >= 0.3 is 0 Å². The van der Waals surface area contributed by atoms with E-state index in [0.29, 0.717) is 43.8 Å². The van der Waals surface area contributed by atoms with Crippen LogP contribution in [0.15, 0.2) is 6.20 Å². The molecule has 0 spiro atoms. The summed E-state index contributed by atoms with van der Waals surface area (Å²) in [5.74, 6) is 6.31. The van der Waals surface area contributed by atoms with Gasteiger partial charge in [0.15, 0.2) is 5.65 Å². The average Bonchev–Trinajstić information content (AvgIpc) is 2.94. The van der Waals surface area contributed by atoms with Crippen LogP contribution in [0.2, 0.25) is 0 Å². The fourth-order valence-corrected chi connectivity index (χ4v) is 1.90. The second-order valence-electron chi connectivity index (χ2n) is 4.12. The molecule has 1 saturated heterocycles. The maximum absolute atomic E-state index is 5.56. The van der Waals surface area contributed by atoms with Gasteiger partial charge in [0.05, 0.1) is 37.5 Å². The zero-order chi connectivity index (χ0) is 13.1. The first kappa shape index (κ1) is 12.1. The van der Waals surface area contributed by atoms with Gasteiger partial charge in [0, 0.05) is 6.54 Å². The quantitative estimate of drug-likeness (QED) is 0.429. The molecule has 102 valence electrons. The lowest BCUT2D eigenvalue weighted by molar-refractivity contribution is -0.0819. The molecule has 2 aromatic rings. The van der Waals surface area contributed by atoms with Crippen LogP contribution < -0.4 is 16.6 Å². The van der Waals surface area contributed by atoms with Crippen LogP contribution in [0.3, 0.4) is 0 Å². The molecule has 0 saturated carbocycles. The molecule has 1 aliphatic rings. The zero-order valence-electron chi connectivity index (χ0n) is 10.2. The molecule has 9 nitrogen and oxygen atoms in total. The molecule has 1 fully saturated rings. The van der Waals surface area contributed by atoms with Gasteiger partial charge in [-0.3, -0.25) is 10.5 Å². The van der Waals surface area contributed by atoms with Gasteiger partial charge in [-0.05, 0) is 0 Å². The normalized spacial score (nSPS) is 19.5. The molecule has 0 amide bonds. The number of nitrogens with one attached hydrogen (secondary N) is 3. The predicted molar refractivity (Wildman–Crippen MR) is 68.5 cm³/mol. The first-order valence-corrected chi connectivity index (χ1v) is 5.98. The number of nitrogens with zero attached hydrogens (tertiary/aromatic N) is 3. The molecule has 5 N–H and O–H groups in total. The topological polar surface area (TPSA) is 123 Å². The molecule has 0 bridgehead atoms. The highest BCUT2D eigenvalue weighted by atomic mass is 16.6. The van der Waals surface area contributed by atoms with Crippen LogP contribution in [0, 0.1) is 0 Å². The number of anilines is 2. The molecule has 3 rings (SSSR count). The Hall–Kier alpha value is -1.97. The SMILES string of the molecule is NNc1nc(NCC2COCCO2)c2cn[nH]c2n1. The fraction of sp³-hybridized carbons (Fsp3) is 0.500. The van der Waals surface area contributed by atoms with E-state index in [2.05, 4.69) is 30.9 Å². The van der Waals surface area contributed by atoms with Gasteiger partial charge < -0.3 is 14.8 Å². The Morgan fingerprint density at radius 3 is 3.16 bits per heavy atom. The highest BCUT2D eigenvalue weighted by Gasteiger charge is 2.15. The highest BCUT2D eigenvalue weighted by molar-refractivity contribution is 5.86. The van der Waals surface area contributed by atoms with E-state index in [4.69, 9.17) is 15.3 Å². The lowest BCUT2D eigenvalue weighted by Crippen LogP contribution is -2.34. The van der Waals surface area contributed by atoms with Crippen molar-refractivity contribution in [1.82, 2.24) is 20.2 Å². The van der Waals surface area contributed by atoms with Crippen LogP contribution in [-0.2, 0) is 9.47 Å². The summed E-state index contributed by atoms with van der Waals surface area (Å²) in [6.45, 7) is 2.44. The lowest BCUT2D eigenvalue weighted by Gasteiger charge is -2.23. The third-order valence-electron chi connectivity index (χ3n) is 2.82. The molecule has 0 aromatic carbocycles. The van der Waals surface area contributed by atoms with Crippen molar-refractivity contribution >= 4 is 22.8 Å². The van der Waals surface area contributed by atoms with Crippen LogP contribution in [0.25, 0.3) is 11.0 Å². The molecular weight excluding hydrogens is 250 g/mol. The van der Waals surface area contributed by atoms with Crippen LogP contribution in [0.5, 0.6) is 0 Å². The van der Waals surface area contributed by atoms with E-state index < -0.39 is 0 Å². The number of nitrogens with two attached hydrogens (primary N) is 1. The summed E-state index contributed by atoms with van der Waals surface area (Å²) in [5.41, 5.74) is 3.04. The minimum atomic E-state index is 0.0138. The molecule has 1 unspecified atom stereocenters. The maximum atomic E-state index is 5.56. The summed E-state index contributed by atoms with van der Waals surface area (Å²) in [7, 11) is 0. The number of aromatic nitrogens is 4. The van der Waals surface area contributed by atoms with E-state index in [9.17, 15) is 0 Å². The number of hydrogen-bond donors (Lipinski definition) is 4. The smallest absolute Gasteiger partial charge is 0.241 e. The van der Waals surface area contributed by atoms with Crippen LogP contribution in [-0.4, -0.2) is 52.6 Å². The minimum Gasteiger partial charge on any atom is -0.376 e. The van der Waals surface area contributed by atoms with Gasteiger partial charge in [0.1, 0.15) is 5.82 Å². The summed E-state index contributed by atoms with van der Waals surface area (Å²) < 4.78 is 10.9. The molecule has 19 heavy (non-hydrogen) atoms. The van der Waals surface area contributed by atoms with E-state index >= 15 is 0 Å². The largest absolute Gasteiger partial charge is 0.376 e. The standard InChI is InChI=1S/C10H15N7O2/c11-16-10-14-8(7-4-13-17-9(7)15-10)12-3-6-5-18-1-2-19-6/h4,6H,1-3,5,11H2,(H3,12,13,14,15,16,17). The first-order chi connectivity index (χ1) is 9.36. The number of nitrogen functional groups attached to an aromatic ring is 1. The summed E-state index contributed by atoms with van der Waals surface area (Å²) in [6, 6.07) is 0. The molecular formula is C10H15N7O2. The van der Waals surface area contributed by atoms with Crippen molar-refractivity contribution in [2.45, 2.75) is 6.10 Å².